The van der Waals surface area contributed by atoms with Crippen molar-refractivity contribution in [2.45, 2.75) is 116 Å². The number of carbonyl (C=O) groups is 3. The molecule has 0 aliphatic rings. The Morgan fingerprint density at radius 2 is 1.34 bits per heavy atom. The predicted octanol–water partition coefficient (Wildman–Crippen LogP) is 8.04. The Labute approximate surface area is 283 Å². The maximum absolute atomic E-state index is 13.6. The number of hydrogen-bond acceptors (Lipinski definition) is 8. The van der Waals surface area contributed by atoms with Crippen LogP contribution in [0.2, 0.25) is 36.3 Å². The Kier molecular flexibility index (Phi) is 14.2. The molecule has 2 rings (SSSR count). The molecule has 0 bridgehead atoms. The van der Waals surface area contributed by atoms with E-state index in [0.717, 1.165) is 5.56 Å². The molecule has 11 heteroatoms. The lowest BCUT2D eigenvalue weighted by molar-refractivity contribution is -0.153. The molecule has 0 aliphatic carbocycles. The van der Waals surface area contributed by atoms with E-state index in [9.17, 15) is 14.4 Å². The molecular formula is C36H55NO8Si2. The van der Waals surface area contributed by atoms with E-state index in [0.29, 0.717) is 5.56 Å². The first kappa shape index (κ1) is 39.9. The molecule has 0 aliphatic heterocycles. The summed E-state index contributed by atoms with van der Waals surface area (Å²) in [5.74, 6) is -1.24. The van der Waals surface area contributed by atoms with Crippen LogP contribution in [0.4, 0.5) is 4.79 Å². The molecule has 0 radical (unpaired) electrons. The van der Waals surface area contributed by atoms with Crippen molar-refractivity contribution >= 4 is 34.7 Å². The molecule has 1 amide bonds. The number of carbonyl (C=O) groups excluding carboxylic acids is 3. The second kappa shape index (κ2) is 16.7. The van der Waals surface area contributed by atoms with Crippen LogP contribution in [0.3, 0.4) is 0 Å². The van der Waals surface area contributed by atoms with Gasteiger partial charge in [0.15, 0.2) is 28.8 Å². The average Bonchev–Trinajstić information content (AvgIpc) is 2.98. The second-order valence-corrected chi connectivity index (χ2v) is 24.3. The number of rotatable bonds is 15. The summed E-state index contributed by atoms with van der Waals surface area (Å²) in [6, 6.07) is 17.0. The van der Waals surface area contributed by atoms with Crippen LogP contribution in [0.5, 0.6) is 0 Å². The average molecular weight is 686 g/mol. The van der Waals surface area contributed by atoms with Crippen LogP contribution >= 0.6 is 0 Å². The molecule has 260 valence electrons. The quantitative estimate of drug-likeness (QED) is 0.0869. The van der Waals surface area contributed by atoms with Crippen LogP contribution in [0.1, 0.15) is 64.4 Å². The fourth-order valence-corrected chi connectivity index (χ4v) is 6.43. The molecule has 47 heavy (non-hydrogen) atoms. The molecule has 2 aromatic carbocycles. The lowest BCUT2D eigenvalue weighted by atomic mass is 10.0. The van der Waals surface area contributed by atoms with Gasteiger partial charge in [-0.3, -0.25) is 4.79 Å². The molecule has 0 unspecified atom stereocenters. The first-order valence-corrected chi connectivity index (χ1v) is 21.8. The zero-order chi connectivity index (χ0) is 35.6. The molecule has 0 heterocycles. The van der Waals surface area contributed by atoms with Crippen molar-refractivity contribution in [3.8, 4) is 0 Å². The molecule has 0 saturated heterocycles. The summed E-state index contributed by atoms with van der Waals surface area (Å²) in [7, 11) is -5.02. The fraction of sp³-hybridized carbons (Fsp3) is 0.528. The summed E-state index contributed by atoms with van der Waals surface area (Å²) in [5, 5.41) is 2.57. The topological polar surface area (TPSA) is 109 Å². The van der Waals surface area contributed by atoms with Gasteiger partial charge in [0.05, 0.1) is 18.2 Å². The lowest BCUT2D eigenvalue weighted by Gasteiger charge is -2.45. The van der Waals surface area contributed by atoms with E-state index in [1.165, 1.54) is 13.0 Å². The van der Waals surface area contributed by atoms with Crippen molar-refractivity contribution in [2.24, 2.45) is 0 Å². The highest BCUT2D eigenvalue weighted by molar-refractivity contribution is 6.74. The predicted molar refractivity (Wildman–Crippen MR) is 190 cm³/mol. The summed E-state index contributed by atoms with van der Waals surface area (Å²) in [4.78, 5) is 39.4. The third kappa shape index (κ3) is 12.0. The highest BCUT2D eigenvalue weighted by Crippen LogP contribution is 2.40. The number of esters is 2. The van der Waals surface area contributed by atoms with E-state index in [2.05, 4.69) is 79.6 Å². The van der Waals surface area contributed by atoms with Crippen molar-refractivity contribution in [2.75, 3.05) is 6.61 Å². The third-order valence-electron chi connectivity index (χ3n) is 9.01. The SMILES string of the molecule is C=C[C@H](OC(C)=O)[C@@H](OC(=O)c1ccccc1)[C@H](O[Si](C)(C)C(C)(C)C)[C@@H](CO[Si](C)(C)C(C)(C)C)NC(=O)OCc1ccccc1. The van der Waals surface area contributed by atoms with Gasteiger partial charge in [0.2, 0.25) is 0 Å². The van der Waals surface area contributed by atoms with Gasteiger partial charge in [-0.15, -0.1) is 0 Å². The van der Waals surface area contributed by atoms with E-state index in [1.54, 1.807) is 30.3 Å². The van der Waals surface area contributed by atoms with E-state index in [-0.39, 0.29) is 23.3 Å². The van der Waals surface area contributed by atoms with Crippen molar-refractivity contribution in [1.82, 2.24) is 5.32 Å². The van der Waals surface area contributed by atoms with Crippen LogP contribution in [-0.2, 0) is 34.5 Å². The largest absolute Gasteiger partial charge is 0.454 e. The van der Waals surface area contributed by atoms with Crippen molar-refractivity contribution in [3.63, 3.8) is 0 Å². The Balaban J connectivity index is 2.69. The normalized spacial score (nSPS) is 15.0. The Hall–Kier alpha value is -3.26. The van der Waals surface area contributed by atoms with Gasteiger partial charge < -0.3 is 28.4 Å². The first-order valence-electron chi connectivity index (χ1n) is 16.0. The minimum absolute atomic E-state index is 0.0273. The van der Waals surface area contributed by atoms with Crippen LogP contribution in [0.15, 0.2) is 73.3 Å². The summed E-state index contributed by atoms with van der Waals surface area (Å²) >= 11 is 0. The van der Waals surface area contributed by atoms with Gasteiger partial charge in [0.25, 0.3) is 0 Å². The van der Waals surface area contributed by atoms with E-state index >= 15 is 0 Å². The molecule has 9 nitrogen and oxygen atoms in total. The van der Waals surface area contributed by atoms with Gasteiger partial charge in [0, 0.05) is 6.92 Å². The van der Waals surface area contributed by atoms with Gasteiger partial charge >= 0.3 is 18.0 Å². The number of nitrogens with one attached hydrogen (secondary N) is 1. The molecule has 0 fully saturated rings. The van der Waals surface area contributed by atoms with Crippen molar-refractivity contribution in [3.05, 3.63) is 84.4 Å². The fourth-order valence-electron chi connectivity index (χ4n) is 4.07. The minimum Gasteiger partial charge on any atom is -0.454 e. The third-order valence-corrected chi connectivity index (χ3v) is 18.0. The van der Waals surface area contributed by atoms with E-state index < -0.39 is 59.0 Å². The zero-order valence-electron chi connectivity index (χ0n) is 30.0. The lowest BCUT2D eigenvalue weighted by Crippen LogP contribution is -2.61. The smallest absolute Gasteiger partial charge is 0.407 e. The molecule has 0 aromatic heterocycles. The number of ether oxygens (including phenoxy) is 3. The van der Waals surface area contributed by atoms with Crippen molar-refractivity contribution in [1.29, 1.82) is 0 Å². The highest BCUT2D eigenvalue weighted by Gasteiger charge is 2.48. The molecule has 0 saturated carbocycles. The van der Waals surface area contributed by atoms with Gasteiger partial charge in [-0.25, -0.2) is 9.59 Å². The second-order valence-electron chi connectivity index (χ2n) is 14.8. The number of benzene rings is 2. The summed E-state index contributed by atoms with van der Waals surface area (Å²) in [6.07, 6.45) is -2.63. The van der Waals surface area contributed by atoms with E-state index in [4.69, 9.17) is 23.1 Å². The Bertz CT molecular complexity index is 1320. The Morgan fingerprint density at radius 3 is 1.83 bits per heavy atom. The summed E-state index contributed by atoms with van der Waals surface area (Å²) < 4.78 is 31.2. The maximum Gasteiger partial charge on any atom is 0.407 e. The zero-order valence-corrected chi connectivity index (χ0v) is 32.0. The van der Waals surface area contributed by atoms with E-state index in [1.807, 2.05) is 30.3 Å². The Morgan fingerprint density at radius 1 is 0.809 bits per heavy atom. The highest BCUT2D eigenvalue weighted by atomic mass is 28.4. The minimum atomic E-state index is -2.66. The van der Waals surface area contributed by atoms with Gasteiger partial charge in [0.1, 0.15) is 12.7 Å². The molecular weight excluding hydrogens is 631 g/mol. The summed E-state index contributed by atoms with van der Waals surface area (Å²) in [6.45, 7) is 26.2. The number of alkyl carbamates (subject to hydrolysis) is 1. The van der Waals surface area contributed by atoms with Gasteiger partial charge in [-0.1, -0.05) is 96.7 Å². The standard InChI is InChI=1S/C36H55NO8Si2/c1-13-30(43-26(2)38)32(44-33(39)28-22-18-15-19-23-28)31(45-47(11,12)36(6,7)8)29(25-42-46(9,10)35(3,4)5)37-34(40)41-24-27-20-16-14-17-21-27/h13-23,29-32H,1,24-25H2,2-12H3,(H,37,40)/t29-,30+,31-,32-/m1/s1. The maximum atomic E-state index is 13.6. The molecule has 2 aromatic rings. The van der Waals surface area contributed by atoms with Gasteiger partial charge in [-0.05, 0) is 60.0 Å². The first-order chi connectivity index (χ1) is 21.7. The van der Waals surface area contributed by atoms with Crippen LogP contribution in [0, 0.1) is 0 Å². The molecule has 0 spiro atoms. The molecule has 4 atom stereocenters. The van der Waals surface area contributed by atoms with Crippen LogP contribution in [0.25, 0.3) is 0 Å². The van der Waals surface area contributed by atoms with Crippen molar-refractivity contribution < 1.29 is 37.4 Å². The number of hydrogen-bond donors (Lipinski definition) is 1. The number of amides is 1. The molecule has 1 N–H and O–H groups in total. The van der Waals surface area contributed by atoms with Crippen LogP contribution < -0.4 is 5.32 Å². The van der Waals surface area contributed by atoms with Gasteiger partial charge in [-0.2, -0.15) is 0 Å². The van der Waals surface area contributed by atoms with Crippen LogP contribution in [-0.4, -0.2) is 65.6 Å². The summed E-state index contributed by atoms with van der Waals surface area (Å²) in [5.41, 5.74) is 1.13. The monoisotopic (exact) mass is 685 g/mol.